The Labute approximate surface area is 78.9 Å². The fourth-order valence-electron chi connectivity index (χ4n) is 1.44. The van der Waals surface area contributed by atoms with E-state index in [1.165, 1.54) is 0 Å². The molecular weight excluding hydrogens is 164 g/mol. The Morgan fingerprint density at radius 2 is 2.00 bits per heavy atom. The fourth-order valence-corrected chi connectivity index (χ4v) is 1.44. The van der Waals surface area contributed by atoms with Crippen LogP contribution in [-0.2, 0) is 0 Å². The molecule has 0 saturated carbocycles. The number of rotatable bonds is 4. The molecule has 0 spiro atoms. The van der Waals surface area contributed by atoms with E-state index in [-0.39, 0.29) is 5.92 Å². The molecule has 1 aromatic rings. The van der Waals surface area contributed by atoms with Gasteiger partial charge in [0.2, 0.25) is 0 Å². The molecule has 3 nitrogen and oxygen atoms in total. The van der Waals surface area contributed by atoms with E-state index in [1.54, 1.807) is 18.6 Å². The van der Waals surface area contributed by atoms with Crippen LogP contribution in [0.25, 0.3) is 0 Å². The standard InChI is InChI=1S/C10H16N2O/c1-3-8(4-2)10(13)9-7-11-5-6-12-9/h5-8,10,13H,3-4H2,1-2H3. The van der Waals surface area contributed by atoms with Crippen LogP contribution in [0.3, 0.4) is 0 Å². The lowest BCUT2D eigenvalue weighted by atomic mass is 9.95. The van der Waals surface area contributed by atoms with Crippen molar-refractivity contribution in [2.75, 3.05) is 0 Å². The van der Waals surface area contributed by atoms with Gasteiger partial charge in [-0.3, -0.25) is 9.97 Å². The quantitative estimate of drug-likeness (QED) is 0.770. The highest BCUT2D eigenvalue weighted by Crippen LogP contribution is 2.24. The lowest BCUT2D eigenvalue weighted by molar-refractivity contribution is 0.0987. The van der Waals surface area contributed by atoms with Crippen molar-refractivity contribution in [3.63, 3.8) is 0 Å². The van der Waals surface area contributed by atoms with Gasteiger partial charge in [0.25, 0.3) is 0 Å². The predicted octanol–water partition coefficient (Wildman–Crippen LogP) is 1.95. The second-order valence-electron chi connectivity index (χ2n) is 3.15. The Balaban J connectivity index is 2.72. The van der Waals surface area contributed by atoms with E-state index < -0.39 is 6.10 Å². The number of hydrogen-bond donors (Lipinski definition) is 1. The maximum atomic E-state index is 9.88. The number of nitrogens with zero attached hydrogens (tertiary/aromatic N) is 2. The van der Waals surface area contributed by atoms with Gasteiger partial charge in [0, 0.05) is 12.4 Å². The zero-order valence-electron chi connectivity index (χ0n) is 8.14. The molecule has 1 N–H and O–H groups in total. The first kappa shape index (κ1) is 10.1. The van der Waals surface area contributed by atoms with E-state index in [0.717, 1.165) is 12.8 Å². The van der Waals surface area contributed by atoms with Crippen LogP contribution in [0.15, 0.2) is 18.6 Å². The van der Waals surface area contributed by atoms with Gasteiger partial charge in [0.15, 0.2) is 0 Å². The molecule has 0 bridgehead atoms. The van der Waals surface area contributed by atoms with Crippen molar-refractivity contribution in [1.82, 2.24) is 9.97 Å². The molecular formula is C10H16N2O. The molecule has 0 saturated heterocycles. The Morgan fingerprint density at radius 3 is 2.46 bits per heavy atom. The van der Waals surface area contributed by atoms with Gasteiger partial charge in [-0.15, -0.1) is 0 Å². The van der Waals surface area contributed by atoms with Gasteiger partial charge in [-0.25, -0.2) is 0 Å². The van der Waals surface area contributed by atoms with Crippen molar-refractivity contribution in [2.24, 2.45) is 5.92 Å². The molecule has 0 radical (unpaired) electrons. The molecule has 1 unspecified atom stereocenters. The summed E-state index contributed by atoms with van der Waals surface area (Å²) >= 11 is 0. The van der Waals surface area contributed by atoms with Gasteiger partial charge in [-0.2, -0.15) is 0 Å². The lowest BCUT2D eigenvalue weighted by Crippen LogP contribution is -2.12. The molecule has 0 aromatic carbocycles. The maximum absolute atomic E-state index is 9.88. The Bertz CT molecular complexity index is 234. The monoisotopic (exact) mass is 180 g/mol. The van der Waals surface area contributed by atoms with Gasteiger partial charge in [-0.05, 0) is 5.92 Å². The number of aliphatic hydroxyl groups excluding tert-OH is 1. The van der Waals surface area contributed by atoms with Crippen LogP contribution in [0.5, 0.6) is 0 Å². The first-order valence-corrected chi connectivity index (χ1v) is 4.73. The smallest absolute Gasteiger partial charge is 0.100 e. The molecule has 1 rings (SSSR count). The molecule has 0 aliphatic rings. The summed E-state index contributed by atoms with van der Waals surface area (Å²) in [5.41, 5.74) is 0.677. The molecule has 1 aromatic heterocycles. The van der Waals surface area contributed by atoms with E-state index in [9.17, 15) is 5.11 Å². The van der Waals surface area contributed by atoms with Crippen LogP contribution in [-0.4, -0.2) is 15.1 Å². The summed E-state index contributed by atoms with van der Waals surface area (Å²) in [5.74, 6) is 0.289. The molecule has 13 heavy (non-hydrogen) atoms. The highest BCUT2D eigenvalue weighted by molar-refractivity contribution is 5.00. The second-order valence-corrected chi connectivity index (χ2v) is 3.15. The van der Waals surface area contributed by atoms with E-state index in [0.29, 0.717) is 5.69 Å². The molecule has 3 heteroatoms. The minimum absolute atomic E-state index is 0.289. The Hall–Kier alpha value is -0.960. The highest BCUT2D eigenvalue weighted by atomic mass is 16.3. The van der Waals surface area contributed by atoms with Gasteiger partial charge >= 0.3 is 0 Å². The zero-order chi connectivity index (χ0) is 9.68. The summed E-state index contributed by atoms with van der Waals surface area (Å²) in [4.78, 5) is 8.02. The van der Waals surface area contributed by atoms with Crippen LogP contribution >= 0.6 is 0 Å². The van der Waals surface area contributed by atoms with E-state index in [2.05, 4.69) is 23.8 Å². The number of aliphatic hydroxyl groups is 1. The topological polar surface area (TPSA) is 46.0 Å². The van der Waals surface area contributed by atoms with E-state index in [1.807, 2.05) is 0 Å². The summed E-state index contributed by atoms with van der Waals surface area (Å²) < 4.78 is 0. The van der Waals surface area contributed by atoms with Crippen molar-refractivity contribution < 1.29 is 5.11 Å². The first-order valence-electron chi connectivity index (χ1n) is 4.73. The molecule has 0 aliphatic heterocycles. The summed E-state index contributed by atoms with van der Waals surface area (Å²) in [7, 11) is 0. The van der Waals surface area contributed by atoms with Crippen LogP contribution in [0.1, 0.15) is 38.5 Å². The summed E-state index contributed by atoms with van der Waals surface area (Å²) in [6.07, 6.45) is 6.32. The average Bonchev–Trinajstić information content (AvgIpc) is 2.21. The molecule has 0 fully saturated rings. The third-order valence-corrected chi connectivity index (χ3v) is 2.38. The zero-order valence-corrected chi connectivity index (χ0v) is 8.14. The largest absolute Gasteiger partial charge is 0.386 e. The molecule has 72 valence electrons. The van der Waals surface area contributed by atoms with Crippen LogP contribution < -0.4 is 0 Å². The summed E-state index contributed by atoms with van der Waals surface area (Å²) in [6, 6.07) is 0. The molecule has 1 atom stereocenters. The van der Waals surface area contributed by atoms with Crippen LogP contribution in [0.4, 0.5) is 0 Å². The van der Waals surface area contributed by atoms with Crippen molar-refractivity contribution >= 4 is 0 Å². The van der Waals surface area contributed by atoms with Crippen molar-refractivity contribution in [3.8, 4) is 0 Å². The predicted molar refractivity (Wildman–Crippen MR) is 51.1 cm³/mol. The minimum atomic E-state index is -0.469. The SMILES string of the molecule is CCC(CC)C(O)c1cnccn1. The second kappa shape index (κ2) is 4.92. The fraction of sp³-hybridized carbons (Fsp3) is 0.600. The van der Waals surface area contributed by atoms with Gasteiger partial charge < -0.3 is 5.11 Å². The average molecular weight is 180 g/mol. The normalized spacial score (nSPS) is 13.2. The minimum Gasteiger partial charge on any atom is -0.386 e. The maximum Gasteiger partial charge on any atom is 0.100 e. The van der Waals surface area contributed by atoms with Crippen molar-refractivity contribution in [1.29, 1.82) is 0 Å². The lowest BCUT2D eigenvalue weighted by Gasteiger charge is -2.18. The van der Waals surface area contributed by atoms with Crippen molar-refractivity contribution in [2.45, 2.75) is 32.8 Å². The van der Waals surface area contributed by atoms with E-state index in [4.69, 9.17) is 0 Å². The van der Waals surface area contributed by atoms with E-state index >= 15 is 0 Å². The number of aromatic nitrogens is 2. The van der Waals surface area contributed by atoms with Crippen molar-refractivity contribution in [3.05, 3.63) is 24.3 Å². The Kier molecular flexibility index (Phi) is 3.83. The highest BCUT2D eigenvalue weighted by Gasteiger charge is 2.18. The first-order chi connectivity index (χ1) is 6.29. The third kappa shape index (κ3) is 2.49. The van der Waals surface area contributed by atoms with Crippen LogP contribution in [0, 0.1) is 5.92 Å². The third-order valence-electron chi connectivity index (χ3n) is 2.38. The molecule has 1 heterocycles. The summed E-state index contributed by atoms with van der Waals surface area (Å²) in [6.45, 7) is 4.15. The van der Waals surface area contributed by atoms with Gasteiger partial charge in [0.1, 0.15) is 6.10 Å². The van der Waals surface area contributed by atoms with Gasteiger partial charge in [-0.1, -0.05) is 26.7 Å². The molecule has 0 aliphatic carbocycles. The summed E-state index contributed by atoms with van der Waals surface area (Å²) in [5, 5.41) is 9.88. The van der Waals surface area contributed by atoms with Crippen LogP contribution in [0.2, 0.25) is 0 Å². The van der Waals surface area contributed by atoms with Gasteiger partial charge in [0.05, 0.1) is 11.9 Å². The molecule has 0 amide bonds. The Morgan fingerprint density at radius 1 is 1.31 bits per heavy atom. The number of hydrogen-bond acceptors (Lipinski definition) is 3.